The number of benzene rings is 1. The maximum atomic E-state index is 11.6. The number of amides is 1. The number of anilines is 2. The van der Waals surface area contributed by atoms with E-state index in [-0.39, 0.29) is 5.91 Å². The molecule has 1 saturated carbocycles. The summed E-state index contributed by atoms with van der Waals surface area (Å²) in [6, 6.07) is 6.67. The molecule has 4 nitrogen and oxygen atoms in total. The van der Waals surface area contributed by atoms with Gasteiger partial charge in [-0.3, -0.25) is 4.79 Å². The van der Waals surface area contributed by atoms with Crippen molar-refractivity contribution in [2.24, 2.45) is 5.92 Å². The monoisotopic (exact) mass is 286 g/mol. The van der Waals surface area contributed by atoms with Gasteiger partial charge in [0.2, 0.25) is 0 Å². The Balaban J connectivity index is 1.64. The zero-order valence-electron chi connectivity index (χ0n) is 12.2. The summed E-state index contributed by atoms with van der Waals surface area (Å²) in [5, 5.41) is 12.6. The zero-order valence-corrected chi connectivity index (χ0v) is 12.2. The molecule has 0 spiro atoms. The summed E-state index contributed by atoms with van der Waals surface area (Å²) in [5.74, 6) is 0.525. The molecule has 0 radical (unpaired) electrons. The number of carbonyl (C=O) groups excluding carboxylic acids is 1. The number of hydrogen-bond donors (Lipinski definition) is 2. The molecule has 2 N–H and O–H groups in total. The van der Waals surface area contributed by atoms with Gasteiger partial charge in [-0.15, -0.1) is 0 Å². The second-order valence-corrected chi connectivity index (χ2v) is 6.61. The van der Waals surface area contributed by atoms with E-state index >= 15 is 0 Å². The minimum absolute atomic E-state index is 0.309. The normalized spacial score (nSPS) is 31.6. The standard InChI is InChI=1S/C17H22N2O2/c20-16-13-8-7-12(10-14(13)18-17(16)21)19-9-3-5-11-4-1-2-6-15(11)19/h7-8,10-11,15-16,20H,1-6,9H2,(H,18,21). The molecule has 0 bridgehead atoms. The predicted molar refractivity (Wildman–Crippen MR) is 82.4 cm³/mol. The number of fused-ring (bicyclic) bond motifs is 2. The summed E-state index contributed by atoms with van der Waals surface area (Å²) >= 11 is 0. The first-order valence-corrected chi connectivity index (χ1v) is 8.13. The van der Waals surface area contributed by atoms with Crippen LogP contribution in [0.5, 0.6) is 0 Å². The van der Waals surface area contributed by atoms with Crippen molar-refractivity contribution >= 4 is 17.3 Å². The Kier molecular flexibility index (Phi) is 3.14. The maximum Gasteiger partial charge on any atom is 0.257 e. The third-order valence-corrected chi connectivity index (χ3v) is 5.41. The molecular formula is C17H22N2O2. The van der Waals surface area contributed by atoms with Gasteiger partial charge in [0.1, 0.15) is 0 Å². The SMILES string of the molecule is O=C1Nc2cc(N3CCCC4CCCCC43)ccc2C1O. The van der Waals surface area contributed by atoms with Crippen LogP contribution >= 0.6 is 0 Å². The van der Waals surface area contributed by atoms with E-state index in [1.165, 1.54) is 44.2 Å². The van der Waals surface area contributed by atoms with Gasteiger partial charge in [-0.05, 0) is 43.7 Å². The number of aliphatic hydroxyl groups excluding tert-OH is 1. The van der Waals surface area contributed by atoms with E-state index in [4.69, 9.17) is 0 Å². The van der Waals surface area contributed by atoms with E-state index in [9.17, 15) is 9.90 Å². The third-order valence-electron chi connectivity index (χ3n) is 5.41. The Labute approximate surface area is 125 Å². The fraction of sp³-hybridized carbons (Fsp3) is 0.588. The Hall–Kier alpha value is -1.55. The van der Waals surface area contributed by atoms with E-state index in [1.54, 1.807) is 0 Å². The lowest BCUT2D eigenvalue weighted by atomic mass is 9.78. The molecule has 4 heteroatoms. The molecule has 1 aliphatic carbocycles. The molecule has 3 atom stereocenters. The second kappa shape index (κ2) is 5.02. The molecule has 2 aliphatic heterocycles. The number of nitrogens with one attached hydrogen (secondary N) is 1. The van der Waals surface area contributed by atoms with Gasteiger partial charge in [-0.25, -0.2) is 0 Å². The Morgan fingerprint density at radius 3 is 2.86 bits per heavy atom. The van der Waals surface area contributed by atoms with Crippen molar-refractivity contribution in [1.82, 2.24) is 0 Å². The van der Waals surface area contributed by atoms with Crippen molar-refractivity contribution in [3.05, 3.63) is 23.8 Å². The van der Waals surface area contributed by atoms with Gasteiger partial charge in [-0.1, -0.05) is 18.9 Å². The number of rotatable bonds is 1. The van der Waals surface area contributed by atoms with Gasteiger partial charge >= 0.3 is 0 Å². The summed E-state index contributed by atoms with van der Waals surface area (Å²) in [6.07, 6.45) is 6.98. The van der Waals surface area contributed by atoms with Crippen molar-refractivity contribution in [3.8, 4) is 0 Å². The molecule has 1 aromatic rings. The van der Waals surface area contributed by atoms with Gasteiger partial charge in [0.25, 0.3) is 5.91 Å². The van der Waals surface area contributed by atoms with Crippen LogP contribution in [0, 0.1) is 5.92 Å². The van der Waals surface area contributed by atoms with E-state index in [1.807, 2.05) is 12.1 Å². The van der Waals surface area contributed by atoms with Crippen LogP contribution in [-0.4, -0.2) is 23.6 Å². The fourth-order valence-electron chi connectivity index (χ4n) is 4.36. The van der Waals surface area contributed by atoms with E-state index in [0.29, 0.717) is 11.6 Å². The summed E-state index contributed by atoms with van der Waals surface area (Å²) < 4.78 is 0. The summed E-state index contributed by atoms with van der Waals surface area (Å²) in [5.41, 5.74) is 2.68. The first kappa shape index (κ1) is 13.1. The number of aliphatic hydroxyl groups is 1. The van der Waals surface area contributed by atoms with Crippen LogP contribution in [-0.2, 0) is 4.79 Å². The van der Waals surface area contributed by atoms with Crippen LogP contribution in [0.2, 0.25) is 0 Å². The van der Waals surface area contributed by atoms with Crippen molar-refractivity contribution in [2.75, 3.05) is 16.8 Å². The molecule has 2 fully saturated rings. The van der Waals surface area contributed by atoms with Crippen molar-refractivity contribution in [1.29, 1.82) is 0 Å². The van der Waals surface area contributed by atoms with Crippen molar-refractivity contribution < 1.29 is 9.90 Å². The molecule has 1 amide bonds. The molecule has 0 aromatic heterocycles. The van der Waals surface area contributed by atoms with Crippen molar-refractivity contribution in [3.63, 3.8) is 0 Å². The first-order valence-electron chi connectivity index (χ1n) is 8.13. The highest BCUT2D eigenvalue weighted by Crippen LogP contribution is 2.40. The van der Waals surface area contributed by atoms with Gasteiger partial charge in [0.05, 0.1) is 0 Å². The van der Waals surface area contributed by atoms with Gasteiger partial charge in [-0.2, -0.15) is 0 Å². The largest absolute Gasteiger partial charge is 0.378 e. The summed E-state index contributed by atoms with van der Waals surface area (Å²) in [6.45, 7) is 1.11. The van der Waals surface area contributed by atoms with Crippen LogP contribution in [0.1, 0.15) is 50.2 Å². The van der Waals surface area contributed by atoms with Crippen LogP contribution in [0.4, 0.5) is 11.4 Å². The minimum atomic E-state index is -1.00. The van der Waals surface area contributed by atoms with Crippen molar-refractivity contribution in [2.45, 2.75) is 50.7 Å². The lowest BCUT2D eigenvalue weighted by Gasteiger charge is -2.45. The van der Waals surface area contributed by atoms with Crippen LogP contribution < -0.4 is 10.2 Å². The number of hydrogen-bond acceptors (Lipinski definition) is 3. The number of carbonyl (C=O) groups is 1. The second-order valence-electron chi connectivity index (χ2n) is 6.61. The average Bonchev–Trinajstić information content (AvgIpc) is 2.81. The van der Waals surface area contributed by atoms with E-state index in [2.05, 4.69) is 16.3 Å². The van der Waals surface area contributed by atoms with Gasteiger partial charge in [0.15, 0.2) is 6.10 Å². The smallest absolute Gasteiger partial charge is 0.257 e. The number of piperidine rings is 1. The quantitative estimate of drug-likeness (QED) is 0.834. The van der Waals surface area contributed by atoms with Gasteiger partial charge < -0.3 is 15.3 Å². The fourth-order valence-corrected chi connectivity index (χ4v) is 4.36. The molecule has 3 unspecified atom stereocenters. The highest BCUT2D eigenvalue weighted by molar-refractivity contribution is 6.02. The molecule has 1 aromatic carbocycles. The predicted octanol–water partition coefficient (Wildman–Crippen LogP) is 2.83. The summed E-state index contributed by atoms with van der Waals surface area (Å²) in [7, 11) is 0. The third kappa shape index (κ3) is 2.13. The van der Waals surface area contributed by atoms with Crippen LogP contribution in [0.25, 0.3) is 0 Å². The van der Waals surface area contributed by atoms with E-state index in [0.717, 1.165) is 18.2 Å². The molecule has 2 heterocycles. The lowest BCUT2D eigenvalue weighted by molar-refractivity contribution is -0.123. The minimum Gasteiger partial charge on any atom is -0.378 e. The first-order chi connectivity index (χ1) is 10.2. The lowest BCUT2D eigenvalue weighted by Crippen LogP contribution is -2.46. The molecular weight excluding hydrogens is 264 g/mol. The highest BCUT2D eigenvalue weighted by Gasteiger charge is 2.34. The molecule has 21 heavy (non-hydrogen) atoms. The van der Waals surface area contributed by atoms with E-state index < -0.39 is 6.10 Å². The molecule has 112 valence electrons. The maximum absolute atomic E-state index is 11.6. The van der Waals surface area contributed by atoms with Gasteiger partial charge in [0, 0.05) is 29.5 Å². The molecule has 4 rings (SSSR count). The Morgan fingerprint density at radius 2 is 1.95 bits per heavy atom. The average molecular weight is 286 g/mol. The Bertz CT molecular complexity index is 570. The molecule has 1 saturated heterocycles. The van der Waals surface area contributed by atoms with Crippen LogP contribution in [0.3, 0.4) is 0 Å². The van der Waals surface area contributed by atoms with Crippen LogP contribution in [0.15, 0.2) is 18.2 Å². The highest BCUT2D eigenvalue weighted by atomic mass is 16.3. The number of nitrogens with zero attached hydrogens (tertiary/aromatic N) is 1. The topological polar surface area (TPSA) is 52.6 Å². The Morgan fingerprint density at radius 1 is 1.14 bits per heavy atom. The summed E-state index contributed by atoms with van der Waals surface area (Å²) in [4.78, 5) is 14.1. The molecule has 3 aliphatic rings. The zero-order chi connectivity index (χ0) is 14.4.